The fraction of sp³-hybridized carbons (Fsp3) is 0.273. The van der Waals surface area contributed by atoms with E-state index in [-0.39, 0.29) is 17.9 Å². The molecule has 9 nitrogen and oxygen atoms in total. The van der Waals surface area contributed by atoms with Crippen molar-refractivity contribution in [1.82, 2.24) is 40.3 Å². The highest BCUT2D eigenvalue weighted by atomic mass is 16.2. The van der Waals surface area contributed by atoms with Crippen LogP contribution in [-0.2, 0) is 6.54 Å². The van der Waals surface area contributed by atoms with Gasteiger partial charge in [-0.05, 0) is 17.2 Å². The van der Waals surface area contributed by atoms with Crippen LogP contribution in [0.1, 0.15) is 36.1 Å². The maximum Gasteiger partial charge on any atom is 0.255 e. The van der Waals surface area contributed by atoms with Gasteiger partial charge in [0.1, 0.15) is 0 Å². The van der Waals surface area contributed by atoms with E-state index in [0.717, 1.165) is 11.4 Å². The Hall–Kier alpha value is -3.88. The predicted molar refractivity (Wildman–Crippen MR) is 114 cm³/mol. The van der Waals surface area contributed by atoms with Gasteiger partial charge in [-0.25, -0.2) is 9.67 Å². The molecule has 5 rings (SSSR count). The minimum Gasteiger partial charge on any atom is -0.326 e. The highest BCUT2D eigenvalue weighted by Crippen LogP contribution is 2.34. The quantitative estimate of drug-likeness (QED) is 0.550. The highest BCUT2D eigenvalue weighted by molar-refractivity contribution is 6.00. The summed E-state index contributed by atoms with van der Waals surface area (Å²) < 4.78 is 1.93. The lowest BCUT2D eigenvalue weighted by Crippen LogP contribution is -2.44. The fourth-order valence-electron chi connectivity index (χ4n) is 4.11. The number of benzene rings is 2. The summed E-state index contributed by atoms with van der Waals surface area (Å²) in [6, 6.07) is 17.1. The summed E-state index contributed by atoms with van der Waals surface area (Å²) >= 11 is 0. The van der Waals surface area contributed by atoms with Crippen LogP contribution in [0.3, 0.4) is 0 Å². The van der Waals surface area contributed by atoms with Crippen LogP contribution in [-0.4, -0.2) is 52.7 Å². The maximum absolute atomic E-state index is 13.7. The highest BCUT2D eigenvalue weighted by Gasteiger charge is 2.37. The molecule has 0 fully saturated rings. The Kier molecular flexibility index (Phi) is 4.78. The molecular weight excluding hydrogens is 392 g/mol. The lowest BCUT2D eigenvalue weighted by molar-refractivity contribution is 0.0537. The van der Waals surface area contributed by atoms with Gasteiger partial charge in [-0.15, -0.1) is 10.2 Å². The third-order valence-electron chi connectivity index (χ3n) is 5.52. The molecule has 0 aliphatic carbocycles. The van der Waals surface area contributed by atoms with Gasteiger partial charge in [-0.1, -0.05) is 62.4 Å². The summed E-state index contributed by atoms with van der Waals surface area (Å²) in [5.41, 5.74) is 2.17. The molecule has 31 heavy (non-hydrogen) atoms. The lowest BCUT2D eigenvalue weighted by Gasteiger charge is -2.37. The number of aromatic amines is 1. The molecule has 0 radical (unpaired) electrons. The van der Waals surface area contributed by atoms with Gasteiger partial charge in [-0.3, -0.25) is 4.79 Å². The number of carbonyl (C=O) groups is 1. The van der Waals surface area contributed by atoms with Crippen molar-refractivity contribution >= 4 is 5.91 Å². The number of hydrogen-bond acceptors (Lipinski definition) is 6. The number of nitrogens with zero attached hydrogens (tertiary/aromatic N) is 7. The summed E-state index contributed by atoms with van der Waals surface area (Å²) in [5.74, 6) is 1.98. The Bertz CT molecular complexity index is 1200. The lowest BCUT2D eigenvalue weighted by atomic mass is 9.97. The minimum atomic E-state index is -0.190. The standard InChI is InChI=1S/C22H22N8O/c1-14(2)18-21-23-19(15-8-4-3-5-9-15)26-30(21)13-12-29(18)22(31)17-11-7-6-10-16(17)20-24-27-28-25-20/h3-11,14,18H,12-13H2,1-2H3,(H,24,25,27,28)/t18-/m0/s1. The van der Waals surface area contributed by atoms with Crippen molar-refractivity contribution in [3.63, 3.8) is 0 Å². The second-order valence-electron chi connectivity index (χ2n) is 7.85. The van der Waals surface area contributed by atoms with E-state index in [2.05, 4.69) is 34.5 Å². The van der Waals surface area contributed by atoms with Gasteiger partial charge < -0.3 is 4.90 Å². The van der Waals surface area contributed by atoms with E-state index in [1.807, 2.05) is 58.1 Å². The van der Waals surface area contributed by atoms with Crippen LogP contribution >= 0.6 is 0 Å². The second-order valence-corrected chi connectivity index (χ2v) is 7.85. The van der Waals surface area contributed by atoms with Gasteiger partial charge in [0.25, 0.3) is 5.91 Å². The smallest absolute Gasteiger partial charge is 0.255 e. The van der Waals surface area contributed by atoms with Gasteiger partial charge in [-0.2, -0.15) is 10.3 Å². The van der Waals surface area contributed by atoms with Gasteiger partial charge in [0.15, 0.2) is 11.6 Å². The number of H-pyrrole nitrogens is 1. The molecule has 9 heteroatoms. The summed E-state index contributed by atoms with van der Waals surface area (Å²) in [5, 5.41) is 18.9. The Morgan fingerprint density at radius 1 is 1.03 bits per heavy atom. The molecule has 2 aromatic heterocycles. The average molecular weight is 414 g/mol. The molecule has 0 bridgehead atoms. The molecular formula is C22H22N8O. The number of rotatable bonds is 4. The van der Waals surface area contributed by atoms with Gasteiger partial charge in [0.2, 0.25) is 5.82 Å². The number of nitrogens with one attached hydrogen (secondary N) is 1. The number of aromatic nitrogens is 7. The molecule has 1 N–H and O–H groups in total. The van der Waals surface area contributed by atoms with E-state index in [1.165, 1.54) is 0 Å². The summed E-state index contributed by atoms with van der Waals surface area (Å²) in [7, 11) is 0. The van der Waals surface area contributed by atoms with Crippen LogP contribution in [0.25, 0.3) is 22.8 Å². The normalized spacial score (nSPS) is 15.8. The largest absolute Gasteiger partial charge is 0.326 e. The molecule has 0 saturated heterocycles. The van der Waals surface area contributed by atoms with Crippen molar-refractivity contribution in [1.29, 1.82) is 0 Å². The van der Waals surface area contributed by atoms with Crippen LogP contribution in [0.4, 0.5) is 0 Å². The Morgan fingerprint density at radius 3 is 2.55 bits per heavy atom. The monoisotopic (exact) mass is 414 g/mol. The van der Waals surface area contributed by atoms with Crippen LogP contribution in [0, 0.1) is 5.92 Å². The SMILES string of the molecule is CC(C)[C@H]1c2nc(-c3ccccc3)nn2CCN1C(=O)c1ccccc1-c1nn[nH]n1. The van der Waals surface area contributed by atoms with E-state index >= 15 is 0 Å². The fourth-order valence-corrected chi connectivity index (χ4v) is 4.11. The topological polar surface area (TPSA) is 105 Å². The third kappa shape index (κ3) is 3.37. The first-order valence-corrected chi connectivity index (χ1v) is 10.3. The van der Waals surface area contributed by atoms with Gasteiger partial charge in [0.05, 0.1) is 18.2 Å². The van der Waals surface area contributed by atoms with Crippen LogP contribution in [0.5, 0.6) is 0 Å². The summed E-state index contributed by atoms with van der Waals surface area (Å²) in [6.07, 6.45) is 0. The summed E-state index contributed by atoms with van der Waals surface area (Å²) in [4.78, 5) is 20.4. The molecule has 156 valence electrons. The number of tetrazole rings is 1. The first-order valence-electron chi connectivity index (χ1n) is 10.3. The van der Waals surface area contributed by atoms with E-state index in [0.29, 0.717) is 35.9 Å². The maximum atomic E-state index is 13.7. The molecule has 4 aromatic rings. The minimum absolute atomic E-state index is 0.0744. The number of amides is 1. The Balaban J connectivity index is 1.53. The average Bonchev–Trinajstić information content (AvgIpc) is 3.48. The molecule has 1 aliphatic heterocycles. The molecule has 1 amide bonds. The van der Waals surface area contributed by atoms with E-state index < -0.39 is 0 Å². The van der Waals surface area contributed by atoms with Crippen molar-refractivity contribution in [3.8, 4) is 22.8 Å². The van der Waals surface area contributed by atoms with Crippen molar-refractivity contribution < 1.29 is 4.79 Å². The van der Waals surface area contributed by atoms with E-state index in [4.69, 9.17) is 10.1 Å². The molecule has 1 aliphatic rings. The first kappa shape index (κ1) is 19.1. The van der Waals surface area contributed by atoms with E-state index in [1.54, 1.807) is 6.07 Å². The third-order valence-corrected chi connectivity index (χ3v) is 5.52. The van der Waals surface area contributed by atoms with Crippen molar-refractivity contribution in [2.24, 2.45) is 5.92 Å². The zero-order valence-electron chi connectivity index (χ0n) is 17.3. The van der Waals surface area contributed by atoms with Gasteiger partial charge in [0, 0.05) is 17.7 Å². The predicted octanol–water partition coefficient (Wildman–Crippen LogP) is 2.98. The Labute approximate surface area is 179 Å². The second kappa shape index (κ2) is 7.75. The molecule has 0 saturated carbocycles. The summed E-state index contributed by atoms with van der Waals surface area (Å²) in [6.45, 7) is 5.34. The molecule has 2 aromatic carbocycles. The number of fused-ring (bicyclic) bond motifs is 1. The van der Waals surface area contributed by atoms with Crippen LogP contribution < -0.4 is 0 Å². The molecule has 0 spiro atoms. The van der Waals surface area contributed by atoms with Crippen molar-refractivity contribution in [3.05, 3.63) is 66.0 Å². The zero-order valence-corrected chi connectivity index (χ0v) is 17.3. The van der Waals surface area contributed by atoms with Crippen LogP contribution in [0.2, 0.25) is 0 Å². The van der Waals surface area contributed by atoms with Crippen molar-refractivity contribution in [2.75, 3.05) is 6.54 Å². The first-order chi connectivity index (χ1) is 15.1. The van der Waals surface area contributed by atoms with E-state index in [9.17, 15) is 4.79 Å². The Morgan fingerprint density at radius 2 is 1.81 bits per heavy atom. The number of carbonyl (C=O) groups excluding carboxylic acids is 1. The molecule has 3 heterocycles. The van der Waals surface area contributed by atoms with Crippen LogP contribution in [0.15, 0.2) is 54.6 Å². The van der Waals surface area contributed by atoms with Gasteiger partial charge >= 0.3 is 0 Å². The molecule has 1 atom stereocenters. The zero-order chi connectivity index (χ0) is 21.4. The van der Waals surface area contributed by atoms with Crippen molar-refractivity contribution in [2.45, 2.75) is 26.4 Å². The number of hydrogen-bond donors (Lipinski definition) is 1. The molecule has 0 unspecified atom stereocenters.